The number of hydrogen-bond donors (Lipinski definition) is 1. The number of aryl methyl sites for hydroxylation is 1. The van der Waals surface area contributed by atoms with Gasteiger partial charge in [0.15, 0.2) is 11.6 Å². The van der Waals surface area contributed by atoms with Crippen LogP contribution in [0.2, 0.25) is 0 Å². The minimum Gasteiger partial charge on any atom is -0.497 e. The Bertz CT molecular complexity index is 999. The summed E-state index contributed by atoms with van der Waals surface area (Å²) in [6, 6.07) is 15.0. The molecule has 0 unspecified atom stereocenters. The molecule has 8 heteroatoms. The number of nitrogens with zero attached hydrogens (tertiary/aromatic N) is 5. The van der Waals surface area contributed by atoms with E-state index in [2.05, 4.69) is 25.4 Å². The first-order valence-corrected chi connectivity index (χ1v) is 9.84. The van der Waals surface area contributed by atoms with Gasteiger partial charge >= 0.3 is 0 Å². The van der Waals surface area contributed by atoms with E-state index in [4.69, 9.17) is 4.74 Å². The van der Waals surface area contributed by atoms with Crippen LogP contribution < -0.4 is 15.0 Å². The molecule has 4 rings (SSSR count). The molecule has 1 aromatic carbocycles. The Kier molecular flexibility index (Phi) is 5.74. The van der Waals surface area contributed by atoms with E-state index in [-0.39, 0.29) is 5.91 Å². The molecule has 0 saturated carbocycles. The summed E-state index contributed by atoms with van der Waals surface area (Å²) < 4.78 is 5.22. The molecule has 0 bridgehead atoms. The highest BCUT2D eigenvalue weighted by Crippen LogP contribution is 2.19. The Morgan fingerprint density at radius 3 is 2.47 bits per heavy atom. The maximum atomic E-state index is 12.8. The SMILES string of the molecule is COc1cccc(C(=O)N2CCN(c3ccc(Nc4ccc(C)cn4)nn3)CC2)c1. The monoisotopic (exact) mass is 404 g/mol. The third-order valence-corrected chi connectivity index (χ3v) is 5.03. The summed E-state index contributed by atoms with van der Waals surface area (Å²) in [6.07, 6.45) is 1.80. The molecular weight excluding hydrogens is 380 g/mol. The van der Waals surface area contributed by atoms with E-state index in [9.17, 15) is 4.79 Å². The molecule has 1 fully saturated rings. The van der Waals surface area contributed by atoms with E-state index < -0.39 is 0 Å². The molecule has 1 aliphatic heterocycles. The van der Waals surface area contributed by atoms with Crippen molar-refractivity contribution in [2.24, 2.45) is 0 Å². The third-order valence-electron chi connectivity index (χ3n) is 5.03. The van der Waals surface area contributed by atoms with E-state index in [1.807, 2.05) is 54.3 Å². The molecule has 0 spiro atoms. The van der Waals surface area contributed by atoms with Gasteiger partial charge in [-0.05, 0) is 48.9 Å². The molecule has 0 atom stereocenters. The molecule has 1 amide bonds. The normalized spacial score (nSPS) is 13.8. The first kappa shape index (κ1) is 19.6. The maximum Gasteiger partial charge on any atom is 0.254 e. The highest BCUT2D eigenvalue weighted by atomic mass is 16.5. The fraction of sp³-hybridized carbons (Fsp3) is 0.273. The molecule has 1 aliphatic rings. The number of piperazine rings is 1. The standard InChI is InChI=1S/C22H24N6O2/c1-16-6-7-19(23-15-16)24-20-8-9-21(26-25-20)27-10-12-28(13-11-27)22(29)17-4-3-5-18(14-17)30-2/h3-9,14-15H,10-13H2,1-2H3,(H,23,24,25). The lowest BCUT2D eigenvalue weighted by atomic mass is 10.1. The number of hydrogen-bond acceptors (Lipinski definition) is 7. The Labute approximate surface area is 175 Å². The van der Waals surface area contributed by atoms with Gasteiger partial charge in [-0.15, -0.1) is 10.2 Å². The fourth-order valence-corrected chi connectivity index (χ4v) is 3.31. The second-order valence-electron chi connectivity index (χ2n) is 7.13. The van der Waals surface area contributed by atoms with Crippen LogP contribution in [0.4, 0.5) is 17.5 Å². The van der Waals surface area contributed by atoms with Gasteiger partial charge < -0.3 is 19.9 Å². The molecule has 0 radical (unpaired) electrons. The second-order valence-corrected chi connectivity index (χ2v) is 7.13. The fourth-order valence-electron chi connectivity index (χ4n) is 3.31. The molecule has 0 aliphatic carbocycles. The lowest BCUT2D eigenvalue weighted by Crippen LogP contribution is -2.49. The lowest BCUT2D eigenvalue weighted by molar-refractivity contribution is 0.0746. The average Bonchev–Trinajstić information content (AvgIpc) is 2.81. The highest BCUT2D eigenvalue weighted by Gasteiger charge is 2.23. The molecule has 2 aromatic heterocycles. The van der Waals surface area contributed by atoms with Crippen molar-refractivity contribution in [2.75, 3.05) is 43.5 Å². The van der Waals surface area contributed by atoms with Gasteiger partial charge in [0, 0.05) is 37.9 Å². The zero-order chi connectivity index (χ0) is 20.9. The van der Waals surface area contributed by atoms with Crippen molar-refractivity contribution >= 4 is 23.4 Å². The van der Waals surface area contributed by atoms with Gasteiger partial charge in [0.2, 0.25) is 0 Å². The predicted octanol–water partition coefficient (Wildman–Crippen LogP) is 2.89. The zero-order valence-corrected chi connectivity index (χ0v) is 17.1. The summed E-state index contributed by atoms with van der Waals surface area (Å²) in [5, 5.41) is 11.7. The van der Waals surface area contributed by atoms with Crippen LogP contribution in [-0.2, 0) is 0 Å². The number of ether oxygens (including phenoxy) is 1. The largest absolute Gasteiger partial charge is 0.497 e. The number of benzene rings is 1. The lowest BCUT2D eigenvalue weighted by Gasteiger charge is -2.35. The number of carbonyl (C=O) groups is 1. The molecular formula is C22H24N6O2. The number of amides is 1. The Hall–Kier alpha value is -3.68. The number of pyridine rings is 1. The maximum absolute atomic E-state index is 12.8. The van der Waals surface area contributed by atoms with Crippen molar-refractivity contribution in [1.29, 1.82) is 0 Å². The quantitative estimate of drug-likeness (QED) is 0.700. The number of methoxy groups -OCH3 is 1. The number of nitrogens with one attached hydrogen (secondary N) is 1. The van der Waals surface area contributed by atoms with Crippen LogP contribution in [0.3, 0.4) is 0 Å². The summed E-state index contributed by atoms with van der Waals surface area (Å²) >= 11 is 0. The average molecular weight is 404 g/mol. The summed E-state index contributed by atoms with van der Waals surface area (Å²) in [5.41, 5.74) is 1.74. The van der Waals surface area contributed by atoms with Crippen LogP contribution in [-0.4, -0.2) is 59.3 Å². The van der Waals surface area contributed by atoms with Crippen molar-refractivity contribution in [3.05, 3.63) is 65.9 Å². The predicted molar refractivity (Wildman–Crippen MR) is 115 cm³/mol. The molecule has 3 aromatic rings. The van der Waals surface area contributed by atoms with Gasteiger partial charge in [0.1, 0.15) is 11.6 Å². The minimum absolute atomic E-state index is 0.0183. The Morgan fingerprint density at radius 1 is 1.00 bits per heavy atom. The van der Waals surface area contributed by atoms with Crippen molar-refractivity contribution in [3.63, 3.8) is 0 Å². The summed E-state index contributed by atoms with van der Waals surface area (Å²) in [4.78, 5) is 21.1. The van der Waals surface area contributed by atoms with Gasteiger partial charge in [-0.3, -0.25) is 4.79 Å². The molecule has 154 valence electrons. The van der Waals surface area contributed by atoms with Crippen LogP contribution in [0, 0.1) is 6.92 Å². The number of carbonyl (C=O) groups excluding carboxylic acids is 1. The van der Waals surface area contributed by atoms with Crippen LogP contribution in [0.1, 0.15) is 15.9 Å². The van der Waals surface area contributed by atoms with Crippen LogP contribution in [0.15, 0.2) is 54.7 Å². The number of rotatable bonds is 5. The van der Waals surface area contributed by atoms with Crippen LogP contribution in [0.5, 0.6) is 5.75 Å². The van der Waals surface area contributed by atoms with Gasteiger partial charge in [0.25, 0.3) is 5.91 Å². The Morgan fingerprint density at radius 2 is 1.80 bits per heavy atom. The van der Waals surface area contributed by atoms with Crippen molar-refractivity contribution in [1.82, 2.24) is 20.1 Å². The molecule has 3 heterocycles. The van der Waals surface area contributed by atoms with E-state index >= 15 is 0 Å². The van der Waals surface area contributed by atoms with Gasteiger partial charge in [-0.1, -0.05) is 12.1 Å². The molecule has 30 heavy (non-hydrogen) atoms. The number of aromatic nitrogens is 3. The summed E-state index contributed by atoms with van der Waals surface area (Å²) in [7, 11) is 1.60. The van der Waals surface area contributed by atoms with E-state index in [0.717, 1.165) is 17.2 Å². The van der Waals surface area contributed by atoms with Gasteiger partial charge in [-0.2, -0.15) is 0 Å². The zero-order valence-electron chi connectivity index (χ0n) is 17.1. The Balaban J connectivity index is 1.34. The van der Waals surface area contributed by atoms with Crippen LogP contribution in [0.25, 0.3) is 0 Å². The van der Waals surface area contributed by atoms with E-state index in [1.54, 1.807) is 19.4 Å². The van der Waals surface area contributed by atoms with Crippen molar-refractivity contribution in [2.45, 2.75) is 6.92 Å². The highest BCUT2D eigenvalue weighted by molar-refractivity contribution is 5.94. The molecule has 1 N–H and O–H groups in total. The molecule has 8 nitrogen and oxygen atoms in total. The topological polar surface area (TPSA) is 83.5 Å². The van der Waals surface area contributed by atoms with Crippen molar-refractivity contribution in [3.8, 4) is 5.75 Å². The summed E-state index contributed by atoms with van der Waals surface area (Å²) in [5.74, 6) is 2.87. The van der Waals surface area contributed by atoms with Crippen molar-refractivity contribution < 1.29 is 9.53 Å². The third kappa shape index (κ3) is 4.48. The first-order chi connectivity index (χ1) is 14.6. The van der Waals surface area contributed by atoms with Gasteiger partial charge in [-0.25, -0.2) is 4.98 Å². The van der Waals surface area contributed by atoms with E-state index in [1.165, 1.54) is 0 Å². The van der Waals surface area contributed by atoms with Crippen LogP contribution >= 0.6 is 0 Å². The smallest absolute Gasteiger partial charge is 0.254 e. The first-order valence-electron chi connectivity index (χ1n) is 9.84. The van der Waals surface area contributed by atoms with E-state index in [0.29, 0.717) is 43.3 Å². The number of anilines is 3. The molecule has 1 saturated heterocycles. The minimum atomic E-state index is 0.0183. The summed E-state index contributed by atoms with van der Waals surface area (Å²) in [6.45, 7) is 4.67. The van der Waals surface area contributed by atoms with Gasteiger partial charge in [0.05, 0.1) is 7.11 Å². The second kappa shape index (κ2) is 8.77.